The van der Waals surface area contributed by atoms with Crippen LogP contribution in [0.15, 0.2) is 0 Å². The zero-order valence-electron chi connectivity index (χ0n) is 12.2. The molecule has 100 valence electrons. The van der Waals surface area contributed by atoms with Gasteiger partial charge < -0.3 is 5.32 Å². The van der Waals surface area contributed by atoms with Gasteiger partial charge in [0.1, 0.15) is 5.54 Å². The number of nitrogens with zero attached hydrogens (tertiary/aromatic N) is 3. The van der Waals surface area contributed by atoms with Gasteiger partial charge in [0, 0.05) is 12.2 Å². The van der Waals surface area contributed by atoms with Crippen LogP contribution in [-0.2, 0) is 6.54 Å². The Kier molecular flexibility index (Phi) is 4.92. The third-order valence-electron chi connectivity index (χ3n) is 3.84. The Hall–Kier alpha value is -1.34. The van der Waals surface area contributed by atoms with Crippen LogP contribution in [0.3, 0.4) is 0 Å². The van der Waals surface area contributed by atoms with E-state index in [4.69, 9.17) is 5.26 Å². The molecule has 18 heavy (non-hydrogen) atoms. The third kappa shape index (κ3) is 3.33. The minimum absolute atomic E-state index is 0.398. The number of hydrogen-bond acceptors (Lipinski definition) is 3. The lowest BCUT2D eigenvalue weighted by atomic mass is 9.97. The SMILES string of the molecule is CNC(C)(C#N)CCCCn1nc(C)c(C)c1C. The molecule has 0 aliphatic carbocycles. The predicted molar refractivity (Wildman–Crippen MR) is 73.4 cm³/mol. The average Bonchev–Trinajstić information content (AvgIpc) is 2.62. The molecule has 0 spiro atoms. The molecule has 0 aliphatic heterocycles. The van der Waals surface area contributed by atoms with Gasteiger partial charge in [-0.05, 0) is 59.6 Å². The van der Waals surface area contributed by atoms with Gasteiger partial charge in [0.25, 0.3) is 0 Å². The highest BCUT2D eigenvalue weighted by molar-refractivity contribution is 5.22. The van der Waals surface area contributed by atoms with Crippen molar-refractivity contribution in [2.45, 2.75) is 59.0 Å². The fourth-order valence-corrected chi connectivity index (χ4v) is 1.98. The molecular formula is C14H24N4. The molecule has 4 nitrogen and oxygen atoms in total. The van der Waals surface area contributed by atoms with Crippen molar-refractivity contribution in [3.8, 4) is 6.07 Å². The molecule has 0 radical (unpaired) electrons. The second-order valence-corrected chi connectivity index (χ2v) is 5.17. The van der Waals surface area contributed by atoms with E-state index in [9.17, 15) is 0 Å². The van der Waals surface area contributed by atoms with Crippen LogP contribution in [0, 0.1) is 32.1 Å². The molecule has 1 N–H and O–H groups in total. The molecule has 1 rings (SSSR count). The first-order chi connectivity index (χ1) is 8.43. The van der Waals surface area contributed by atoms with E-state index in [-0.39, 0.29) is 0 Å². The summed E-state index contributed by atoms with van der Waals surface area (Å²) in [5, 5.41) is 16.6. The predicted octanol–water partition coefficient (Wildman–Crippen LogP) is 2.48. The minimum Gasteiger partial charge on any atom is -0.303 e. The van der Waals surface area contributed by atoms with Crippen molar-refractivity contribution in [1.82, 2.24) is 15.1 Å². The van der Waals surface area contributed by atoms with Crippen LogP contribution in [0.25, 0.3) is 0 Å². The molecule has 1 aromatic heterocycles. The average molecular weight is 248 g/mol. The molecule has 4 heteroatoms. The van der Waals surface area contributed by atoms with Gasteiger partial charge in [0.15, 0.2) is 0 Å². The summed E-state index contributed by atoms with van der Waals surface area (Å²) in [6.45, 7) is 9.16. The zero-order chi connectivity index (χ0) is 13.8. The molecule has 0 aromatic carbocycles. The van der Waals surface area contributed by atoms with E-state index in [0.717, 1.165) is 31.5 Å². The lowest BCUT2D eigenvalue weighted by Crippen LogP contribution is -2.37. The molecule has 0 aliphatic rings. The maximum Gasteiger partial charge on any atom is 0.103 e. The Morgan fingerprint density at radius 2 is 2.00 bits per heavy atom. The summed E-state index contributed by atoms with van der Waals surface area (Å²) in [7, 11) is 1.84. The summed E-state index contributed by atoms with van der Waals surface area (Å²) in [5.74, 6) is 0. The molecule has 1 unspecified atom stereocenters. The van der Waals surface area contributed by atoms with Crippen molar-refractivity contribution < 1.29 is 0 Å². The molecule has 1 heterocycles. The fourth-order valence-electron chi connectivity index (χ4n) is 1.98. The van der Waals surface area contributed by atoms with Crippen molar-refractivity contribution in [2.75, 3.05) is 7.05 Å². The van der Waals surface area contributed by atoms with Crippen molar-refractivity contribution in [3.63, 3.8) is 0 Å². The van der Waals surface area contributed by atoms with E-state index in [1.54, 1.807) is 0 Å². The molecule has 1 aromatic rings. The highest BCUT2D eigenvalue weighted by Gasteiger charge is 2.19. The maximum atomic E-state index is 9.06. The smallest absolute Gasteiger partial charge is 0.103 e. The van der Waals surface area contributed by atoms with Crippen LogP contribution in [-0.4, -0.2) is 22.4 Å². The van der Waals surface area contributed by atoms with Crippen LogP contribution in [0.1, 0.15) is 43.1 Å². The Morgan fingerprint density at radius 3 is 2.44 bits per heavy atom. The summed E-state index contributed by atoms with van der Waals surface area (Å²) in [4.78, 5) is 0. The van der Waals surface area contributed by atoms with Crippen molar-refractivity contribution in [2.24, 2.45) is 0 Å². The number of unbranched alkanes of at least 4 members (excludes halogenated alkanes) is 1. The van der Waals surface area contributed by atoms with Crippen LogP contribution in [0.4, 0.5) is 0 Å². The summed E-state index contributed by atoms with van der Waals surface area (Å²) in [5.41, 5.74) is 3.26. The van der Waals surface area contributed by atoms with Gasteiger partial charge >= 0.3 is 0 Å². The van der Waals surface area contributed by atoms with Gasteiger partial charge in [0.2, 0.25) is 0 Å². The molecule has 0 amide bonds. The first kappa shape index (κ1) is 14.7. The number of aryl methyl sites for hydroxylation is 2. The molecule has 0 fully saturated rings. The minimum atomic E-state index is -0.398. The molecule has 0 bridgehead atoms. The lowest BCUT2D eigenvalue weighted by molar-refractivity contribution is 0.418. The maximum absolute atomic E-state index is 9.06. The molecule has 1 atom stereocenters. The first-order valence-electron chi connectivity index (χ1n) is 6.54. The quantitative estimate of drug-likeness (QED) is 0.787. The standard InChI is InChI=1S/C14H24N4/c1-11-12(2)17-18(13(11)3)9-7-6-8-14(4,10-15)16-5/h16H,6-9H2,1-5H3. The first-order valence-corrected chi connectivity index (χ1v) is 6.54. The van der Waals surface area contributed by atoms with Gasteiger partial charge in [-0.1, -0.05) is 0 Å². The number of nitriles is 1. The summed E-state index contributed by atoms with van der Waals surface area (Å²) in [6.07, 6.45) is 2.96. The van der Waals surface area contributed by atoms with Crippen molar-refractivity contribution in [3.05, 3.63) is 17.0 Å². The highest BCUT2D eigenvalue weighted by atomic mass is 15.3. The van der Waals surface area contributed by atoms with E-state index in [1.807, 2.05) is 20.9 Å². The van der Waals surface area contributed by atoms with E-state index in [2.05, 4.69) is 35.0 Å². The van der Waals surface area contributed by atoms with E-state index in [0.29, 0.717) is 0 Å². The Bertz CT molecular complexity index is 441. The topological polar surface area (TPSA) is 53.6 Å². The van der Waals surface area contributed by atoms with Crippen LogP contribution in [0.5, 0.6) is 0 Å². The summed E-state index contributed by atoms with van der Waals surface area (Å²) in [6, 6.07) is 2.32. The number of nitrogens with one attached hydrogen (secondary N) is 1. The van der Waals surface area contributed by atoms with Gasteiger partial charge in [-0.3, -0.25) is 4.68 Å². The van der Waals surface area contributed by atoms with Crippen LogP contribution < -0.4 is 5.32 Å². The van der Waals surface area contributed by atoms with Gasteiger partial charge in [-0.15, -0.1) is 0 Å². The largest absolute Gasteiger partial charge is 0.303 e. The Balaban J connectivity index is 2.44. The summed E-state index contributed by atoms with van der Waals surface area (Å²) >= 11 is 0. The van der Waals surface area contributed by atoms with E-state index >= 15 is 0 Å². The lowest BCUT2D eigenvalue weighted by Gasteiger charge is -2.20. The number of aromatic nitrogens is 2. The molecule has 0 saturated heterocycles. The van der Waals surface area contributed by atoms with Crippen LogP contribution in [0.2, 0.25) is 0 Å². The summed E-state index contributed by atoms with van der Waals surface area (Å²) < 4.78 is 2.08. The van der Waals surface area contributed by atoms with Crippen molar-refractivity contribution >= 4 is 0 Å². The van der Waals surface area contributed by atoms with Crippen molar-refractivity contribution in [1.29, 1.82) is 5.26 Å². The van der Waals surface area contributed by atoms with E-state index < -0.39 is 5.54 Å². The van der Waals surface area contributed by atoms with Crippen LogP contribution >= 0.6 is 0 Å². The Labute approximate surface area is 110 Å². The molecule has 0 saturated carbocycles. The van der Waals surface area contributed by atoms with Gasteiger partial charge in [-0.2, -0.15) is 10.4 Å². The second kappa shape index (κ2) is 6.01. The second-order valence-electron chi connectivity index (χ2n) is 5.17. The molecular weight excluding hydrogens is 224 g/mol. The fraction of sp³-hybridized carbons (Fsp3) is 0.714. The number of rotatable bonds is 6. The monoisotopic (exact) mass is 248 g/mol. The van der Waals surface area contributed by atoms with Gasteiger partial charge in [0.05, 0.1) is 11.8 Å². The Morgan fingerprint density at radius 1 is 1.33 bits per heavy atom. The zero-order valence-corrected chi connectivity index (χ0v) is 12.2. The third-order valence-corrected chi connectivity index (χ3v) is 3.84. The normalized spacial score (nSPS) is 14.2. The highest BCUT2D eigenvalue weighted by Crippen LogP contribution is 2.15. The number of hydrogen-bond donors (Lipinski definition) is 1. The van der Waals surface area contributed by atoms with E-state index in [1.165, 1.54) is 11.3 Å². The van der Waals surface area contributed by atoms with Gasteiger partial charge in [-0.25, -0.2) is 0 Å².